The van der Waals surface area contributed by atoms with Gasteiger partial charge in [-0.2, -0.15) is 0 Å². The first-order valence-electron chi connectivity index (χ1n) is 20.6. The van der Waals surface area contributed by atoms with Crippen molar-refractivity contribution in [3.8, 4) is 12.8 Å². The Kier molecular flexibility index (Phi) is 42.7. The van der Waals surface area contributed by atoms with E-state index in [9.17, 15) is 4.79 Å². The zero-order valence-electron chi connectivity index (χ0n) is 37.9. The van der Waals surface area contributed by atoms with E-state index >= 15 is 0 Å². The van der Waals surface area contributed by atoms with Gasteiger partial charge in [-0.1, -0.05) is 235 Å². The topological polar surface area (TPSA) is 29.1 Å². The van der Waals surface area contributed by atoms with Crippen molar-refractivity contribution < 1.29 is 4.79 Å². The van der Waals surface area contributed by atoms with Gasteiger partial charge >= 0.3 is 0 Å². The van der Waals surface area contributed by atoms with Crippen molar-refractivity contribution >= 4 is 17.6 Å². The molecule has 4 rings (SSSR count). The first-order chi connectivity index (χ1) is 26.8. The van der Waals surface area contributed by atoms with Crippen LogP contribution >= 0.6 is 0 Å². The molecule has 0 aliphatic rings. The Bertz CT molecular complexity index is 1460. The van der Waals surface area contributed by atoms with E-state index < -0.39 is 0 Å². The van der Waals surface area contributed by atoms with Crippen LogP contribution in [-0.2, 0) is 17.6 Å². The summed E-state index contributed by atoms with van der Waals surface area (Å²) in [5.41, 5.74) is 8.04. The molecular weight excluding hydrogens is 679 g/mol. The highest BCUT2D eigenvalue weighted by molar-refractivity contribution is 5.62. The number of carbonyl (C=O) groups is 1. The number of benzene rings is 4. The van der Waals surface area contributed by atoms with E-state index in [-0.39, 0.29) is 12.0 Å². The molecule has 0 spiro atoms. The van der Waals surface area contributed by atoms with Crippen molar-refractivity contribution in [2.45, 2.75) is 122 Å². The maximum Gasteiger partial charge on any atom is 0.123 e. The van der Waals surface area contributed by atoms with Crippen LogP contribution in [0.4, 0.5) is 0 Å². The molecule has 4 aromatic carbocycles. The molecule has 308 valence electrons. The van der Waals surface area contributed by atoms with Gasteiger partial charge in [-0.25, -0.2) is 0 Å². The van der Waals surface area contributed by atoms with Crippen LogP contribution in [0.15, 0.2) is 147 Å². The zero-order chi connectivity index (χ0) is 43.7. The lowest BCUT2D eigenvalue weighted by atomic mass is 10.00. The van der Waals surface area contributed by atoms with Crippen LogP contribution in [0.2, 0.25) is 0 Å². The van der Waals surface area contributed by atoms with Gasteiger partial charge in [-0.3, -0.25) is 0 Å². The average molecular weight is 760 g/mol. The largest absolute Gasteiger partial charge is 0.378 e. The Labute approximate surface area is 347 Å². The molecule has 56 heavy (non-hydrogen) atoms. The number of rotatable bonds is 12. The lowest BCUT2D eigenvalue weighted by Gasteiger charge is -2.22. The molecule has 0 aromatic heterocycles. The van der Waals surface area contributed by atoms with Crippen molar-refractivity contribution in [1.29, 1.82) is 0 Å². The maximum atomic E-state index is 10.3. The van der Waals surface area contributed by atoms with Gasteiger partial charge in [0.25, 0.3) is 0 Å². The summed E-state index contributed by atoms with van der Waals surface area (Å²) in [6.45, 7) is 39.4. The number of hydrogen-bond donors (Lipinski definition) is 1. The van der Waals surface area contributed by atoms with E-state index in [4.69, 9.17) is 0 Å². The van der Waals surface area contributed by atoms with E-state index in [0.29, 0.717) is 0 Å². The summed E-state index contributed by atoms with van der Waals surface area (Å²) in [6.07, 6.45) is 13.4. The zero-order valence-corrected chi connectivity index (χ0v) is 37.9. The molecule has 2 heteroatoms. The number of aldehydes is 1. The standard InChI is InChI=1S/C19H21N.C10H12O.C9H10.C7H16.C3H8.2C2H6.C2H2/c1-15(2)19(14-17-10-6-4-7-11-17)20-16(3)18-12-8-5-9-13-18;1-9(8-11)7-10-5-3-2-4-6-10;1-8(2)9-6-4-3-5-7-9;1-6(2)5-7(3)4;1-3-2;3*1-2/h4-13,19-20H,1,3,14H2,2H3;2-6,8-9H,7H2,1H3;3-7H,1H2,2H3;6-7H,5H2,1-4H3;3H2,1-2H3;2*1-2H3;1-2H/t;9-;;;;;;/m.0....../s1. The highest BCUT2D eigenvalue weighted by atomic mass is 16.1. The Morgan fingerprint density at radius 3 is 1.18 bits per heavy atom. The highest BCUT2D eigenvalue weighted by Crippen LogP contribution is 2.15. The van der Waals surface area contributed by atoms with Gasteiger partial charge in [0.05, 0.1) is 6.04 Å². The van der Waals surface area contributed by atoms with Crippen molar-refractivity contribution in [3.05, 3.63) is 169 Å². The number of allylic oxidation sites excluding steroid dienone is 1. The minimum atomic E-state index is 0.136. The van der Waals surface area contributed by atoms with Gasteiger partial charge < -0.3 is 10.1 Å². The molecule has 2 nitrogen and oxygen atoms in total. The minimum Gasteiger partial charge on any atom is -0.378 e. The van der Waals surface area contributed by atoms with E-state index in [0.717, 1.165) is 53.4 Å². The predicted molar refractivity (Wildman–Crippen MR) is 257 cm³/mol. The first-order valence-corrected chi connectivity index (χ1v) is 20.6. The molecule has 4 aromatic rings. The molecule has 0 aliphatic carbocycles. The van der Waals surface area contributed by atoms with Crippen LogP contribution in [0, 0.1) is 30.6 Å². The Balaban J connectivity index is -0.000000321. The van der Waals surface area contributed by atoms with Gasteiger partial charge in [0.1, 0.15) is 6.29 Å². The van der Waals surface area contributed by atoms with Gasteiger partial charge in [-0.15, -0.1) is 12.8 Å². The number of carbonyl (C=O) groups excluding carboxylic acids is 1. The molecule has 1 unspecified atom stereocenters. The summed E-state index contributed by atoms with van der Waals surface area (Å²) in [6, 6.07) is 41.0. The summed E-state index contributed by atoms with van der Waals surface area (Å²) in [5.74, 6) is 1.89. The monoisotopic (exact) mass is 760 g/mol. The first kappa shape index (κ1) is 57.8. The Hall–Kier alpha value is -4.87. The molecule has 0 heterocycles. The quantitative estimate of drug-likeness (QED) is 0.0885. The van der Waals surface area contributed by atoms with Crippen molar-refractivity contribution in [2.75, 3.05) is 0 Å². The van der Waals surface area contributed by atoms with Gasteiger partial charge in [0.2, 0.25) is 0 Å². The third-order valence-corrected chi connectivity index (χ3v) is 7.19. The highest BCUT2D eigenvalue weighted by Gasteiger charge is 2.11. The molecule has 0 bridgehead atoms. The Morgan fingerprint density at radius 1 is 0.589 bits per heavy atom. The molecule has 2 atom stereocenters. The normalized spacial score (nSPS) is 10.0. The second kappa shape index (κ2) is 41.3. The summed E-state index contributed by atoms with van der Waals surface area (Å²) >= 11 is 0. The number of nitrogens with one attached hydrogen (secondary N) is 1. The molecule has 0 amide bonds. The van der Waals surface area contributed by atoms with Crippen LogP contribution in [0.25, 0.3) is 11.3 Å². The fourth-order valence-corrected chi connectivity index (χ4v) is 4.83. The van der Waals surface area contributed by atoms with Crippen molar-refractivity contribution in [3.63, 3.8) is 0 Å². The van der Waals surface area contributed by atoms with E-state index in [1.54, 1.807) is 0 Å². The smallest absolute Gasteiger partial charge is 0.123 e. The van der Waals surface area contributed by atoms with Gasteiger partial charge in [-0.05, 0) is 67.2 Å². The molecule has 1 N–H and O–H groups in total. The number of hydrogen-bond acceptors (Lipinski definition) is 2. The number of terminal acetylenes is 1. The molecule has 0 fully saturated rings. The van der Waals surface area contributed by atoms with Crippen LogP contribution in [0.3, 0.4) is 0 Å². The van der Waals surface area contributed by atoms with Crippen molar-refractivity contribution in [2.24, 2.45) is 17.8 Å². The summed E-state index contributed by atoms with van der Waals surface area (Å²) in [7, 11) is 0. The lowest BCUT2D eigenvalue weighted by Crippen LogP contribution is -2.30. The molecule has 0 saturated heterocycles. The Morgan fingerprint density at radius 2 is 0.911 bits per heavy atom. The van der Waals surface area contributed by atoms with E-state index in [1.165, 1.54) is 29.5 Å². The average Bonchev–Trinajstić information content (AvgIpc) is 3.22. The second-order valence-electron chi connectivity index (χ2n) is 13.8. The fourth-order valence-electron chi connectivity index (χ4n) is 4.83. The SMILES string of the molecule is C#C.C=C(C)c1ccccc1.C=C(NC(Cc1ccccc1)C(=C)C)c1ccccc1.CC.CC.CC(C)CC(C)C.CCC.C[C@H](C=O)Cc1ccccc1. The molecule has 0 radical (unpaired) electrons. The van der Waals surface area contributed by atoms with E-state index in [2.05, 4.69) is 135 Å². The van der Waals surface area contributed by atoms with Gasteiger partial charge in [0, 0.05) is 11.6 Å². The molecule has 0 aliphatic heterocycles. The van der Waals surface area contributed by atoms with Gasteiger partial charge in [0.15, 0.2) is 0 Å². The summed E-state index contributed by atoms with van der Waals surface area (Å²) < 4.78 is 0. The third kappa shape index (κ3) is 34.9. The van der Waals surface area contributed by atoms with Crippen LogP contribution in [-0.4, -0.2) is 12.3 Å². The molecule has 0 saturated carbocycles. The summed E-state index contributed by atoms with van der Waals surface area (Å²) in [4.78, 5) is 10.3. The lowest BCUT2D eigenvalue weighted by molar-refractivity contribution is -0.110. The summed E-state index contributed by atoms with van der Waals surface area (Å²) in [5, 5.41) is 3.49. The minimum absolute atomic E-state index is 0.136. The second-order valence-corrected chi connectivity index (χ2v) is 13.8. The fraction of sp³-hybridized carbons (Fsp3) is 0.389. The van der Waals surface area contributed by atoms with Crippen LogP contribution < -0.4 is 5.32 Å². The predicted octanol–water partition coefficient (Wildman–Crippen LogP) is 15.6. The third-order valence-electron chi connectivity index (χ3n) is 7.19. The van der Waals surface area contributed by atoms with Crippen LogP contribution in [0.1, 0.15) is 125 Å². The van der Waals surface area contributed by atoms with Crippen molar-refractivity contribution in [1.82, 2.24) is 5.32 Å². The van der Waals surface area contributed by atoms with E-state index in [1.807, 2.05) is 114 Å². The maximum absolute atomic E-state index is 10.3. The molecular formula is C54H81NO. The van der Waals surface area contributed by atoms with Crippen LogP contribution in [0.5, 0.6) is 0 Å².